The van der Waals surface area contributed by atoms with Crippen molar-refractivity contribution >= 4 is 50.4 Å². The summed E-state index contributed by atoms with van der Waals surface area (Å²) in [6.07, 6.45) is 6.63. The number of aliphatic hydroxyl groups is 2. The lowest BCUT2D eigenvalue weighted by Crippen LogP contribution is -2.42. The zero-order valence-electron chi connectivity index (χ0n) is 29.7. The van der Waals surface area contributed by atoms with Gasteiger partial charge in [-0.15, -0.1) is 22.7 Å². The zero-order chi connectivity index (χ0) is 37.0. The number of H-pyrrole nitrogens is 1. The van der Waals surface area contributed by atoms with Crippen molar-refractivity contribution in [3.63, 3.8) is 0 Å². The molecule has 2 aromatic carbocycles. The first-order chi connectivity index (χ1) is 25.7. The van der Waals surface area contributed by atoms with Crippen molar-refractivity contribution in [3.05, 3.63) is 121 Å². The number of ether oxygens (including phenoxy) is 1. The van der Waals surface area contributed by atoms with Gasteiger partial charge >= 0.3 is 5.97 Å². The van der Waals surface area contributed by atoms with Crippen LogP contribution in [0.25, 0.3) is 21.8 Å². The number of aromatic amines is 1. The minimum absolute atomic E-state index is 0.0264. The molecule has 0 aliphatic heterocycles. The molecule has 1 atom stereocenters. The van der Waals surface area contributed by atoms with Crippen LogP contribution in [0.1, 0.15) is 59.1 Å². The molecule has 1 aliphatic carbocycles. The summed E-state index contributed by atoms with van der Waals surface area (Å²) in [6.45, 7) is 2.69. The number of phenolic OH excluding ortho intramolecular Hbond substituents is 1. The Kier molecular flexibility index (Phi) is 11.4. The molecule has 53 heavy (non-hydrogen) atoms. The Morgan fingerprint density at radius 1 is 1.00 bits per heavy atom. The maximum absolute atomic E-state index is 13.4. The molecule has 0 saturated heterocycles. The van der Waals surface area contributed by atoms with Gasteiger partial charge in [0, 0.05) is 54.2 Å². The summed E-state index contributed by atoms with van der Waals surface area (Å²) < 4.78 is 8.24. The van der Waals surface area contributed by atoms with Crippen LogP contribution in [0.3, 0.4) is 0 Å². The Hall–Kier alpha value is -4.30. The fraction of sp³-hybridized carbons (Fsp3) is 0.366. The van der Waals surface area contributed by atoms with Gasteiger partial charge < -0.3 is 39.8 Å². The van der Waals surface area contributed by atoms with Crippen LogP contribution < -0.4 is 10.9 Å². The van der Waals surface area contributed by atoms with Gasteiger partial charge in [0.2, 0.25) is 11.2 Å². The number of aryl methyl sites for hydroxylation is 1. The molecule has 6 aromatic rings. The molecule has 0 bridgehead atoms. The number of para-hydroxylation sites is 1. The van der Waals surface area contributed by atoms with Gasteiger partial charge in [-0.25, -0.2) is 4.79 Å². The second-order valence-corrected chi connectivity index (χ2v) is 15.9. The first-order valence-corrected chi connectivity index (χ1v) is 20.0. The minimum Gasteiger partial charge on any atom is -0.506 e. The van der Waals surface area contributed by atoms with Gasteiger partial charge in [-0.05, 0) is 104 Å². The number of hydrogen-bond donors (Lipinski definition) is 5. The van der Waals surface area contributed by atoms with Crippen molar-refractivity contribution in [1.82, 2.24) is 19.8 Å². The number of thiophene rings is 2. The van der Waals surface area contributed by atoms with Crippen LogP contribution in [0, 0.1) is 0 Å². The number of phenols is 1. The number of esters is 1. The van der Waals surface area contributed by atoms with Crippen LogP contribution in [-0.4, -0.2) is 74.6 Å². The van der Waals surface area contributed by atoms with Crippen molar-refractivity contribution in [1.29, 1.82) is 0 Å². The normalized spacial score (nSPS) is 17.1. The topological polar surface area (TPSA) is 140 Å². The largest absolute Gasteiger partial charge is 0.506 e. The van der Waals surface area contributed by atoms with Gasteiger partial charge in [-0.3, -0.25) is 4.79 Å². The SMILES string of the molecule is CN(CCCc1cn(CCNC[C@H](O)c2ccc(O)c3[nH]c(=O)ccc23)c2ccccc12)C1CCC(OC(=O)C(O)(c2cccs2)c2cccs2)CC1. The number of aliphatic hydroxyl groups excluding tert-OH is 1. The molecule has 4 aromatic heterocycles. The molecule has 0 spiro atoms. The Morgan fingerprint density at radius 3 is 2.45 bits per heavy atom. The molecule has 7 rings (SSSR count). The molecule has 1 saturated carbocycles. The van der Waals surface area contributed by atoms with E-state index < -0.39 is 17.7 Å². The molecule has 0 radical (unpaired) electrons. The van der Waals surface area contributed by atoms with Crippen molar-refractivity contribution in [3.8, 4) is 5.75 Å². The maximum Gasteiger partial charge on any atom is 0.349 e. The van der Waals surface area contributed by atoms with Gasteiger partial charge in [0.15, 0.2) is 0 Å². The molecule has 12 heteroatoms. The molecular weight excluding hydrogens is 709 g/mol. The summed E-state index contributed by atoms with van der Waals surface area (Å²) in [6, 6.07) is 22.4. The summed E-state index contributed by atoms with van der Waals surface area (Å²) in [5, 5.41) is 41.7. The van der Waals surface area contributed by atoms with E-state index in [0.717, 1.165) is 51.6 Å². The van der Waals surface area contributed by atoms with E-state index in [1.54, 1.807) is 24.3 Å². The van der Waals surface area contributed by atoms with E-state index >= 15 is 0 Å². The quantitative estimate of drug-likeness (QED) is 0.0609. The fourth-order valence-electron chi connectivity index (χ4n) is 7.64. The van der Waals surface area contributed by atoms with E-state index in [4.69, 9.17) is 4.74 Å². The number of benzene rings is 2. The summed E-state index contributed by atoms with van der Waals surface area (Å²) in [5.41, 5.74) is 1.39. The summed E-state index contributed by atoms with van der Waals surface area (Å²) in [4.78, 5) is 31.4. The smallest absolute Gasteiger partial charge is 0.349 e. The molecule has 10 nitrogen and oxygen atoms in total. The highest BCUT2D eigenvalue weighted by Gasteiger charge is 2.45. The molecule has 278 valence electrons. The lowest BCUT2D eigenvalue weighted by atomic mass is 9.91. The van der Waals surface area contributed by atoms with E-state index in [2.05, 4.69) is 57.3 Å². The molecule has 1 fully saturated rings. The van der Waals surface area contributed by atoms with Crippen LogP contribution >= 0.6 is 22.7 Å². The number of aromatic hydroxyl groups is 1. The monoisotopic (exact) mass is 754 g/mol. The number of pyridine rings is 1. The average molecular weight is 755 g/mol. The van der Waals surface area contributed by atoms with Crippen molar-refractivity contribution in [2.75, 3.05) is 26.7 Å². The van der Waals surface area contributed by atoms with Gasteiger partial charge in [0.05, 0.1) is 21.4 Å². The van der Waals surface area contributed by atoms with Crippen molar-refractivity contribution < 1.29 is 24.9 Å². The molecule has 1 aliphatic rings. The Balaban J connectivity index is 0.883. The summed E-state index contributed by atoms with van der Waals surface area (Å²) >= 11 is 2.72. The van der Waals surface area contributed by atoms with E-state index in [9.17, 15) is 24.9 Å². The lowest BCUT2D eigenvalue weighted by molar-refractivity contribution is -0.169. The molecule has 4 heterocycles. The third-order valence-electron chi connectivity index (χ3n) is 10.6. The third kappa shape index (κ3) is 7.98. The highest BCUT2D eigenvalue weighted by Crippen LogP contribution is 2.38. The number of carbonyl (C=O) groups is 1. The maximum atomic E-state index is 13.4. The molecule has 0 amide bonds. The predicted molar refractivity (Wildman–Crippen MR) is 211 cm³/mol. The molecule has 0 unspecified atom stereocenters. The number of nitrogens with zero attached hydrogens (tertiary/aromatic N) is 2. The number of rotatable bonds is 15. The molecule has 5 N–H and O–H groups in total. The standard InChI is InChI=1S/C41H46N4O6S2/c1-44(28-12-14-29(15-13-28)51-40(49)41(50,36-10-5-23-52-36)37-11-6-24-53-37)21-4-7-27-26-45(33-9-3-2-8-30(27)33)22-20-42-25-35(47)31-16-18-34(46)39-32(31)17-19-38(48)43-39/h2-3,5-6,8-11,16-19,23-24,26,28-29,35,42,46-47,50H,4,7,12-15,20-22,25H2,1H3,(H,43,48)/t28?,29?,35-/m0/s1. The summed E-state index contributed by atoms with van der Waals surface area (Å²) in [7, 11) is 2.19. The van der Waals surface area contributed by atoms with Crippen LogP contribution in [0.4, 0.5) is 0 Å². The number of carbonyl (C=O) groups excluding carboxylic acids is 1. The number of fused-ring (bicyclic) bond motifs is 2. The van der Waals surface area contributed by atoms with Crippen LogP contribution in [-0.2, 0) is 28.1 Å². The Labute approximate surface area is 316 Å². The first kappa shape index (κ1) is 37.0. The highest BCUT2D eigenvalue weighted by molar-refractivity contribution is 7.12. The number of hydrogen-bond acceptors (Lipinski definition) is 10. The second-order valence-electron chi connectivity index (χ2n) is 14.0. The predicted octanol–water partition coefficient (Wildman–Crippen LogP) is 6.29. The van der Waals surface area contributed by atoms with E-state index in [0.29, 0.717) is 45.4 Å². The van der Waals surface area contributed by atoms with Crippen LogP contribution in [0.5, 0.6) is 5.75 Å². The Bertz CT molecular complexity index is 2150. The van der Waals surface area contributed by atoms with Crippen molar-refractivity contribution in [2.45, 2.75) is 68.9 Å². The minimum atomic E-state index is -1.77. The zero-order valence-corrected chi connectivity index (χ0v) is 31.4. The van der Waals surface area contributed by atoms with Crippen LogP contribution in [0.15, 0.2) is 94.5 Å². The van der Waals surface area contributed by atoms with E-state index in [-0.39, 0.29) is 17.4 Å². The first-order valence-electron chi connectivity index (χ1n) is 18.2. The number of nitrogens with one attached hydrogen (secondary N) is 2. The average Bonchev–Trinajstić information content (AvgIpc) is 3.97. The van der Waals surface area contributed by atoms with Crippen LogP contribution in [0.2, 0.25) is 0 Å². The van der Waals surface area contributed by atoms with Gasteiger partial charge in [0.25, 0.3) is 0 Å². The second kappa shape index (κ2) is 16.4. The van der Waals surface area contributed by atoms with E-state index in [1.807, 2.05) is 22.9 Å². The van der Waals surface area contributed by atoms with Gasteiger partial charge in [0.1, 0.15) is 11.9 Å². The van der Waals surface area contributed by atoms with Gasteiger partial charge in [-0.2, -0.15) is 0 Å². The highest BCUT2D eigenvalue weighted by atomic mass is 32.1. The van der Waals surface area contributed by atoms with E-state index in [1.165, 1.54) is 51.3 Å². The van der Waals surface area contributed by atoms with Gasteiger partial charge in [-0.1, -0.05) is 36.4 Å². The molecular formula is C41H46N4O6S2. The Morgan fingerprint density at radius 2 is 1.74 bits per heavy atom. The third-order valence-corrected chi connectivity index (χ3v) is 12.5. The lowest BCUT2D eigenvalue weighted by Gasteiger charge is -2.35. The van der Waals surface area contributed by atoms with Crippen molar-refractivity contribution in [2.24, 2.45) is 0 Å². The number of aromatic nitrogens is 2. The summed E-state index contributed by atoms with van der Waals surface area (Å²) in [5.74, 6) is -0.615. The fourth-order valence-corrected chi connectivity index (χ4v) is 9.35.